The third-order valence-electron chi connectivity index (χ3n) is 4.32. The molecule has 3 rings (SSSR count). The summed E-state index contributed by atoms with van der Waals surface area (Å²) in [7, 11) is 0. The minimum Gasteiger partial charge on any atom is -0.494 e. The Morgan fingerprint density at radius 1 is 1.15 bits per heavy atom. The number of benzene rings is 2. The average molecular weight is 364 g/mol. The van der Waals surface area contributed by atoms with Crippen LogP contribution in [0.15, 0.2) is 54.9 Å². The number of rotatable bonds is 7. The van der Waals surface area contributed by atoms with Gasteiger partial charge in [0.05, 0.1) is 12.6 Å². The van der Waals surface area contributed by atoms with E-state index in [1.165, 1.54) is 0 Å². The van der Waals surface area contributed by atoms with Crippen LogP contribution in [0.25, 0.3) is 11.1 Å². The predicted molar refractivity (Wildman–Crippen MR) is 105 cm³/mol. The number of amides is 1. The molecule has 27 heavy (non-hydrogen) atoms. The number of ether oxygens (including phenoxy) is 1. The lowest BCUT2D eigenvalue weighted by atomic mass is 10.0. The molecule has 0 radical (unpaired) electrons. The Morgan fingerprint density at radius 2 is 1.89 bits per heavy atom. The highest BCUT2D eigenvalue weighted by molar-refractivity contribution is 5.95. The second kappa shape index (κ2) is 8.49. The summed E-state index contributed by atoms with van der Waals surface area (Å²) in [4.78, 5) is 12.7. The van der Waals surface area contributed by atoms with Crippen molar-refractivity contribution in [2.24, 2.45) is 0 Å². The highest BCUT2D eigenvalue weighted by Crippen LogP contribution is 2.25. The zero-order chi connectivity index (χ0) is 19.2. The standard InChI is InChI=1S/C21H24N4O2/c1-4-25-14-22-24-20(25)15(3)23-21(26)18-10-6-8-16(12-18)17-9-7-11-19(13-17)27-5-2/h6-15H,4-5H2,1-3H3,(H,23,26)/t15-/m1/s1. The first kappa shape index (κ1) is 18.6. The van der Waals surface area contributed by atoms with Gasteiger partial charge in [0, 0.05) is 12.1 Å². The minimum atomic E-state index is -0.232. The van der Waals surface area contributed by atoms with Crippen LogP contribution in [-0.2, 0) is 6.54 Å². The van der Waals surface area contributed by atoms with Crippen LogP contribution in [0.1, 0.15) is 43.0 Å². The van der Waals surface area contributed by atoms with Crippen molar-refractivity contribution in [1.82, 2.24) is 20.1 Å². The molecule has 140 valence electrons. The van der Waals surface area contributed by atoms with Crippen molar-refractivity contribution >= 4 is 5.91 Å². The number of aryl methyl sites for hydroxylation is 1. The van der Waals surface area contributed by atoms with Gasteiger partial charge in [-0.15, -0.1) is 10.2 Å². The largest absolute Gasteiger partial charge is 0.494 e. The predicted octanol–water partition coefficient (Wildman–Crippen LogP) is 3.85. The van der Waals surface area contributed by atoms with Crippen LogP contribution in [0.2, 0.25) is 0 Å². The van der Waals surface area contributed by atoms with E-state index in [0.29, 0.717) is 12.2 Å². The highest BCUT2D eigenvalue weighted by atomic mass is 16.5. The summed E-state index contributed by atoms with van der Waals surface area (Å²) in [5.74, 6) is 1.42. The van der Waals surface area contributed by atoms with Gasteiger partial charge < -0.3 is 14.6 Å². The monoisotopic (exact) mass is 364 g/mol. The van der Waals surface area contributed by atoms with Crippen molar-refractivity contribution in [3.63, 3.8) is 0 Å². The van der Waals surface area contributed by atoms with Crippen LogP contribution in [0.4, 0.5) is 0 Å². The molecule has 1 N–H and O–H groups in total. The fraction of sp³-hybridized carbons (Fsp3) is 0.286. The number of aromatic nitrogens is 3. The number of carbonyl (C=O) groups is 1. The molecule has 1 atom stereocenters. The molecule has 6 nitrogen and oxygen atoms in total. The number of hydrogen-bond acceptors (Lipinski definition) is 4. The summed E-state index contributed by atoms with van der Waals surface area (Å²) in [5.41, 5.74) is 2.58. The Morgan fingerprint density at radius 3 is 2.63 bits per heavy atom. The van der Waals surface area contributed by atoms with Crippen molar-refractivity contribution in [1.29, 1.82) is 0 Å². The molecule has 3 aromatic rings. The highest BCUT2D eigenvalue weighted by Gasteiger charge is 2.16. The number of nitrogens with zero attached hydrogens (tertiary/aromatic N) is 3. The van der Waals surface area contributed by atoms with Crippen molar-refractivity contribution in [2.45, 2.75) is 33.4 Å². The summed E-state index contributed by atoms with van der Waals surface area (Å²) < 4.78 is 7.48. The molecule has 1 amide bonds. The van der Waals surface area contributed by atoms with E-state index in [1.807, 2.05) is 73.9 Å². The summed E-state index contributed by atoms with van der Waals surface area (Å²) >= 11 is 0. The van der Waals surface area contributed by atoms with E-state index in [1.54, 1.807) is 6.33 Å². The molecule has 6 heteroatoms. The van der Waals surface area contributed by atoms with Gasteiger partial charge in [0.2, 0.25) is 0 Å². The van der Waals surface area contributed by atoms with Crippen LogP contribution in [0.3, 0.4) is 0 Å². The van der Waals surface area contributed by atoms with Gasteiger partial charge in [-0.2, -0.15) is 0 Å². The summed E-state index contributed by atoms with van der Waals surface area (Å²) in [5, 5.41) is 11.0. The first-order chi connectivity index (χ1) is 13.1. The zero-order valence-electron chi connectivity index (χ0n) is 15.8. The molecule has 0 aliphatic heterocycles. The molecular weight excluding hydrogens is 340 g/mol. The summed E-state index contributed by atoms with van der Waals surface area (Å²) in [6.45, 7) is 7.25. The molecule has 0 spiro atoms. The fourth-order valence-corrected chi connectivity index (χ4v) is 2.96. The maximum atomic E-state index is 12.7. The van der Waals surface area contributed by atoms with Gasteiger partial charge in [-0.05, 0) is 56.2 Å². The van der Waals surface area contributed by atoms with Crippen LogP contribution in [-0.4, -0.2) is 27.3 Å². The molecule has 0 bridgehead atoms. The van der Waals surface area contributed by atoms with Crippen molar-refractivity contribution in [2.75, 3.05) is 6.61 Å². The van der Waals surface area contributed by atoms with E-state index in [2.05, 4.69) is 15.5 Å². The lowest BCUT2D eigenvalue weighted by molar-refractivity contribution is 0.0937. The average Bonchev–Trinajstić information content (AvgIpc) is 3.17. The second-order valence-corrected chi connectivity index (χ2v) is 6.21. The quantitative estimate of drug-likeness (QED) is 0.691. The molecule has 0 fully saturated rings. The fourth-order valence-electron chi connectivity index (χ4n) is 2.96. The molecule has 1 heterocycles. The van der Waals surface area contributed by atoms with E-state index in [9.17, 15) is 4.79 Å². The van der Waals surface area contributed by atoms with Gasteiger partial charge in [-0.25, -0.2) is 0 Å². The Bertz CT molecular complexity index is 920. The van der Waals surface area contributed by atoms with E-state index in [-0.39, 0.29) is 11.9 Å². The van der Waals surface area contributed by atoms with Crippen molar-refractivity contribution in [3.05, 3.63) is 66.2 Å². The number of nitrogens with one attached hydrogen (secondary N) is 1. The topological polar surface area (TPSA) is 69.0 Å². The van der Waals surface area contributed by atoms with Gasteiger partial charge in [-0.1, -0.05) is 24.3 Å². The zero-order valence-corrected chi connectivity index (χ0v) is 15.8. The van der Waals surface area contributed by atoms with E-state index in [4.69, 9.17) is 4.74 Å². The third-order valence-corrected chi connectivity index (χ3v) is 4.32. The molecule has 0 saturated heterocycles. The van der Waals surface area contributed by atoms with E-state index in [0.717, 1.165) is 29.2 Å². The van der Waals surface area contributed by atoms with Gasteiger partial charge in [0.15, 0.2) is 5.82 Å². The van der Waals surface area contributed by atoms with Crippen molar-refractivity contribution < 1.29 is 9.53 Å². The lowest BCUT2D eigenvalue weighted by Gasteiger charge is -2.14. The Balaban J connectivity index is 1.78. The summed E-state index contributed by atoms with van der Waals surface area (Å²) in [6, 6.07) is 15.2. The number of carbonyl (C=O) groups excluding carboxylic acids is 1. The maximum Gasteiger partial charge on any atom is 0.251 e. The second-order valence-electron chi connectivity index (χ2n) is 6.21. The molecule has 0 aliphatic carbocycles. The van der Waals surface area contributed by atoms with Crippen LogP contribution in [0.5, 0.6) is 5.75 Å². The normalized spacial score (nSPS) is 11.8. The first-order valence-electron chi connectivity index (χ1n) is 9.14. The Labute approximate surface area is 159 Å². The van der Waals surface area contributed by atoms with Gasteiger partial charge in [-0.3, -0.25) is 4.79 Å². The van der Waals surface area contributed by atoms with Gasteiger partial charge >= 0.3 is 0 Å². The van der Waals surface area contributed by atoms with Crippen molar-refractivity contribution in [3.8, 4) is 16.9 Å². The maximum absolute atomic E-state index is 12.7. The van der Waals surface area contributed by atoms with E-state index < -0.39 is 0 Å². The van der Waals surface area contributed by atoms with Crippen LogP contribution >= 0.6 is 0 Å². The van der Waals surface area contributed by atoms with Crippen LogP contribution < -0.4 is 10.1 Å². The first-order valence-corrected chi connectivity index (χ1v) is 9.14. The molecule has 0 saturated carbocycles. The SMILES string of the molecule is CCOc1cccc(-c2cccc(C(=O)N[C@H](C)c3nncn3CC)c2)c1. The number of hydrogen-bond donors (Lipinski definition) is 1. The van der Waals surface area contributed by atoms with E-state index >= 15 is 0 Å². The smallest absolute Gasteiger partial charge is 0.251 e. The third kappa shape index (κ3) is 4.34. The molecule has 0 aliphatic rings. The molecular formula is C21H24N4O2. The Kier molecular flexibility index (Phi) is 5.86. The minimum absolute atomic E-state index is 0.143. The van der Waals surface area contributed by atoms with Gasteiger partial charge in [0.25, 0.3) is 5.91 Å². The molecule has 1 aromatic heterocycles. The summed E-state index contributed by atoms with van der Waals surface area (Å²) in [6.07, 6.45) is 1.67. The van der Waals surface area contributed by atoms with Gasteiger partial charge in [0.1, 0.15) is 12.1 Å². The Hall–Kier alpha value is -3.15. The molecule has 0 unspecified atom stereocenters. The molecule has 2 aromatic carbocycles. The van der Waals surface area contributed by atoms with Crippen LogP contribution in [0, 0.1) is 0 Å². The lowest BCUT2D eigenvalue weighted by Crippen LogP contribution is -2.28.